The van der Waals surface area contributed by atoms with Gasteiger partial charge < -0.3 is 10.2 Å². The molecule has 0 saturated heterocycles. The van der Waals surface area contributed by atoms with E-state index in [1.54, 1.807) is 0 Å². The number of hydrogen-bond donors (Lipinski definition) is 2. The molecule has 0 fully saturated rings. The number of hydrogen-bond acceptors (Lipinski definition) is 4. The lowest BCUT2D eigenvalue weighted by Gasteiger charge is -2.10. The van der Waals surface area contributed by atoms with E-state index in [0.29, 0.717) is 4.20 Å². The molecule has 0 heterocycles. The summed E-state index contributed by atoms with van der Waals surface area (Å²) in [5.74, 6) is -1.82. The SMILES string of the molecule is CCSC(=S)CC(CCC(=O)O)C(=O)O. The second-order valence-electron chi connectivity index (χ2n) is 2.98. The number of carboxylic acids is 2. The summed E-state index contributed by atoms with van der Waals surface area (Å²) in [6.45, 7) is 1.93. The van der Waals surface area contributed by atoms with Crippen LogP contribution in [-0.2, 0) is 9.59 Å². The zero-order valence-electron chi connectivity index (χ0n) is 8.43. The molecule has 0 aromatic heterocycles. The minimum atomic E-state index is -0.977. The Kier molecular flexibility index (Phi) is 7.33. The van der Waals surface area contributed by atoms with Gasteiger partial charge in [-0.15, -0.1) is 11.8 Å². The van der Waals surface area contributed by atoms with Crippen LogP contribution in [0.1, 0.15) is 26.2 Å². The summed E-state index contributed by atoms with van der Waals surface area (Å²) in [6.07, 6.45) is 0.280. The number of carboxylic acid groups (broad SMARTS) is 2. The van der Waals surface area contributed by atoms with Gasteiger partial charge in [0.15, 0.2) is 0 Å². The van der Waals surface area contributed by atoms with Crippen molar-refractivity contribution in [2.24, 2.45) is 5.92 Å². The van der Waals surface area contributed by atoms with E-state index in [1.165, 1.54) is 11.8 Å². The molecule has 0 amide bonds. The van der Waals surface area contributed by atoms with Gasteiger partial charge in [-0.3, -0.25) is 9.59 Å². The van der Waals surface area contributed by atoms with Crippen molar-refractivity contribution < 1.29 is 19.8 Å². The van der Waals surface area contributed by atoms with Crippen LogP contribution in [0.3, 0.4) is 0 Å². The lowest BCUT2D eigenvalue weighted by atomic mass is 10.0. The predicted molar refractivity (Wildman–Crippen MR) is 63.3 cm³/mol. The summed E-state index contributed by atoms with van der Waals surface area (Å²) >= 11 is 6.41. The number of rotatable bonds is 7. The first-order valence-electron chi connectivity index (χ1n) is 4.57. The van der Waals surface area contributed by atoms with E-state index in [-0.39, 0.29) is 19.3 Å². The Labute approximate surface area is 98.1 Å². The van der Waals surface area contributed by atoms with Gasteiger partial charge >= 0.3 is 11.9 Å². The Morgan fingerprint density at radius 2 is 2.00 bits per heavy atom. The molecular weight excluding hydrogens is 236 g/mol. The van der Waals surface area contributed by atoms with Crippen molar-refractivity contribution in [3.05, 3.63) is 0 Å². The number of thiocarbonyl (C=S) groups is 1. The summed E-state index contributed by atoms with van der Waals surface area (Å²) in [5.41, 5.74) is 0. The summed E-state index contributed by atoms with van der Waals surface area (Å²) in [4.78, 5) is 21.1. The van der Waals surface area contributed by atoms with Crippen molar-refractivity contribution in [1.29, 1.82) is 0 Å². The molecule has 0 rings (SSSR count). The summed E-state index contributed by atoms with van der Waals surface area (Å²) in [5, 5.41) is 17.3. The third-order valence-corrected chi connectivity index (χ3v) is 3.07. The van der Waals surface area contributed by atoms with Gasteiger partial charge in [-0.1, -0.05) is 19.1 Å². The fraction of sp³-hybridized carbons (Fsp3) is 0.667. The lowest BCUT2D eigenvalue weighted by Crippen LogP contribution is -2.17. The average Bonchev–Trinajstić information content (AvgIpc) is 2.11. The van der Waals surface area contributed by atoms with Crippen molar-refractivity contribution in [2.75, 3.05) is 5.75 Å². The quantitative estimate of drug-likeness (QED) is 0.673. The minimum absolute atomic E-state index is 0.129. The van der Waals surface area contributed by atoms with Gasteiger partial charge in [0, 0.05) is 17.0 Å². The zero-order chi connectivity index (χ0) is 11.8. The third kappa shape index (κ3) is 7.33. The minimum Gasteiger partial charge on any atom is -0.481 e. The largest absolute Gasteiger partial charge is 0.481 e. The molecule has 86 valence electrons. The Hall–Kier alpha value is -0.620. The van der Waals surface area contributed by atoms with E-state index in [1.807, 2.05) is 6.92 Å². The predicted octanol–water partition coefficient (Wildman–Crippen LogP) is 2.02. The highest BCUT2D eigenvalue weighted by Crippen LogP contribution is 2.18. The zero-order valence-corrected chi connectivity index (χ0v) is 10.1. The molecular formula is C9H14O4S2. The van der Waals surface area contributed by atoms with Crippen LogP contribution in [0.2, 0.25) is 0 Å². The van der Waals surface area contributed by atoms with E-state index in [2.05, 4.69) is 0 Å². The van der Waals surface area contributed by atoms with E-state index in [0.717, 1.165) is 5.75 Å². The highest BCUT2D eigenvalue weighted by atomic mass is 32.2. The van der Waals surface area contributed by atoms with E-state index >= 15 is 0 Å². The molecule has 0 aliphatic rings. The molecule has 0 aliphatic carbocycles. The van der Waals surface area contributed by atoms with Gasteiger partial charge in [-0.2, -0.15) is 0 Å². The smallest absolute Gasteiger partial charge is 0.306 e. The van der Waals surface area contributed by atoms with Gasteiger partial charge in [0.25, 0.3) is 0 Å². The number of aliphatic carboxylic acids is 2. The Morgan fingerprint density at radius 1 is 1.40 bits per heavy atom. The van der Waals surface area contributed by atoms with Gasteiger partial charge in [-0.25, -0.2) is 0 Å². The average molecular weight is 250 g/mol. The monoisotopic (exact) mass is 250 g/mol. The maximum absolute atomic E-state index is 10.8. The molecule has 4 nitrogen and oxygen atoms in total. The van der Waals surface area contributed by atoms with E-state index in [9.17, 15) is 9.59 Å². The van der Waals surface area contributed by atoms with Gasteiger partial charge in [-0.05, 0) is 12.2 Å². The van der Waals surface area contributed by atoms with Gasteiger partial charge in [0.05, 0.1) is 5.92 Å². The highest BCUT2D eigenvalue weighted by Gasteiger charge is 2.20. The molecule has 0 spiro atoms. The molecule has 0 radical (unpaired) electrons. The molecule has 15 heavy (non-hydrogen) atoms. The maximum atomic E-state index is 10.8. The Morgan fingerprint density at radius 3 is 2.40 bits per heavy atom. The molecule has 0 bridgehead atoms. The van der Waals surface area contributed by atoms with Crippen LogP contribution in [0.25, 0.3) is 0 Å². The lowest BCUT2D eigenvalue weighted by molar-refractivity contribution is -0.142. The van der Waals surface area contributed by atoms with Crippen LogP contribution in [0.5, 0.6) is 0 Å². The van der Waals surface area contributed by atoms with Crippen LogP contribution in [0.15, 0.2) is 0 Å². The van der Waals surface area contributed by atoms with Crippen molar-refractivity contribution >= 4 is 40.1 Å². The molecule has 6 heteroatoms. The molecule has 0 aromatic carbocycles. The van der Waals surface area contributed by atoms with Crippen LogP contribution in [-0.4, -0.2) is 32.1 Å². The van der Waals surface area contributed by atoms with Crippen molar-refractivity contribution in [3.63, 3.8) is 0 Å². The molecule has 0 saturated carbocycles. The summed E-state index contributed by atoms with van der Waals surface area (Å²) in [6, 6.07) is 0. The molecule has 0 aromatic rings. The second kappa shape index (κ2) is 7.64. The first kappa shape index (κ1) is 14.4. The Balaban J connectivity index is 4.10. The third-order valence-electron chi connectivity index (χ3n) is 1.77. The van der Waals surface area contributed by atoms with Gasteiger partial charge in [0.2, 0.25) is 0 Å². The first-order valence-corrected chi connectivity index (χ1v) is 5.97. The fourth-order valence-electron chi connectivity index (χ4n) is 1.03. The van der Waals surface area contributed by atoms with Crippen LogP contribution < -0.4 is 0 Å². The summed E-state index contributed by atoms with van der Waals surface area (Å²) in [7, 11) is 0. The Bertz CT molecular complexity index is 252. The molecule has 1 unspecified atom stereocenters. The van der Waals surface area contributed by atoms with Crippen LogP contribution in [0, 0.1) is 5.92 Å². The normalized spacial score (nSPS) is 12.1. The first-order chi connectivity index (χ1) is 6.97. The summed E-state index contributed by atoms with van der Waals surface area (Å²) < 4.78 is 0.635. The number of carbonyl (C=O) groups is 2. The maximum Gasteiger partial charge on any atom is 0.306 e. The van der Waals surface area contributed by atoms with Crippen molar-refractivity contribution in [2.45, 2.75) is 26.2 Å². The standard InChI is InChI=1S/C9H14O4S2/c1-2-15-8(14)5-6(9(12)13)3-4-7(10)11/h6H,2-5H2,1H3,(H,10,11)(H,12,13). The van der Waals surface area contributed by atoms with Crippen LogP contribution >= 0.6 is 24.0 Å². The topological polar surface area (TPSA) is 74.6 Å². The second-order valence-corrected chi connectivity index (χ2v) is 5.09. The molecule has 0 aliphatic heterocycles. The van der Waals surface area contributed by atoms with E-state index in [4.69, 9.17) is 22.4 Å². The fourth-order valence-corrected chi connectivity index (χ4v) is 2.23. The molecule has 1 atom stereocenters. The highest BCUT2D eigenvalue weighted by molar-refractivity contribution is 8.23. The van der Waals surface area contributed by atoms with Crippen LogP contribution in [0.4, 0.5) is 0 Å². The van der Waals surface area contributed by atoms with Crippen molar-refractivity contribution in [3.8, 4) is 0 Å². The van der Waals surface area contributed by atoms with Crippen molar-refractivity contribution in [1.82, 2.24) is 0 Å². The number of thioether (sulfide) groups is 1. The molecule has 2 N–H and O–H groups in total. The van der Waals surface area contributed by atoms with E-state index < -0.39 is 17.9 Å². The van der Waals surface area contributed by atoms with Gasteiger partial charge in [0.1, 0.15) is 0 Å².